The summed E-state index contributed by atoms with van der Waals surface area (Å²) in [7, 11) is 1.94. The SMILES string of the molecule is Cc1cc(C)c(C#N)c(N(C)CCOC(C)C)n1. The first-order valence-electron chi connectivity index (χ1n) is 6.16. The van der Waals surface area contributed by atoms with Gasteiger partial charge in [0.05, 0.1) is 18.3 Å². The maximum Gasteiger partial charge on any atom is 0.146 e. The molecule has 0 unspecified atom stereocenters. The highest BCUT2D eigenvalue weighted by Crippen LogP contribution is 2.20. The fourth-order valence-electron chi connectivity index (χ4n) is 1.76. The van der Waals surface area contributed by atoms with Crippen molar-refractivity contribution in [2.24, 2.45) is 0 Å². The standard InChI is InChI=1S/C14H21N3O/c1-10(2)18-7-6-17(5)14-13(9-15)11(3)8-12(4)16-14/h8,10H,6-7H2,1-5H3. The molecule has 98 valence electrons. The molecule has 0 amide bonds. The first-order chi connectivity index (χ1) is 8.45. The van der Waals surface area contributed by atoms with Gasteiger partial charge in [-0.05, 0) is 39.3 Å². The molecule has 4 nitrogen and oxygen atoms in total. The summed E-state index contributed by atoms with van der Waals surface area (Å²) in [6.07, 6.45) is 0.223. The Morgan fingerprint density at radius 1 is 1.44 bits per heavy atom. The van der Waals surface area contributed by atoms with Gasteiger partial charge in [0.15, 0.2) is 0 Å². The highest BCUT2D eigenvalue weighted by atomic mass is 16.5. The molecule has 0 atom stereocenters. The first kappa shape index (κ1) is 14.5. The zero-order valence-electron chi connectivity index (χ0n) is 11.8. The lowest BCUT2D eigenvalue weighted by Crippen LogP contribution is -2.26. The number of aromatic nitrogens is 1. The molecule has 0 aliphatic heterocycles. The van der Waals surface area contributed by atoms with Gasteiger partial charge in [0.25, 0.3) is 0 Å². The summed E-state index contributed by atoms with van der Waals surface area (Å²) in [5.74, 6) is 0.738. The zero-order chi connectivity index (χ0) is 13.7. The normalized spacial score (nSPS) is 10.5. The van der Waals surface area contributed by atoms with Crippen molar-refractivity contribution in [1.29, 1.82) is 5.26 Å². The third-order valence-electron chi connectivity index (χ3n) is 2.68. The Hall–Kier alpha value is -1.60. The molecule has 0 aromatic carbocycles. The maximum atomic E-state index is 9.20. The number of anilines is 1. The molecule has 0 saturated heterocycles. The Morgan fingerprint density at radius 3 is 2.67 bits per heavy atom. The molecule has 0 radical (unpaired) electrons. The van der Waals surface area contributed by atoms with Crippen LogP contribution in [-0.4, -0.2) is 31.3 Å². The summed E-state index contributed by atoms with van der Waals surface area (Å²) in [4.78, 5) is 6.42. The van der Waals surface area contributed by atoms with Gasteiger partial charge in [0, 0.05) is 19.3 Å². The number of nitrogens with zero attached hydrogens (tertiary/aromatic N) is 3. The molecular formula is C14H21N3O. The molecule has 0 N–H and O–H groups in total. The molecule has 18 heavy (non-hydrogen) atoms. The second-order valence-electron chi connectivity index (χ2n) is 4.73. The van der Waals surface area contributed by atoms with E-state index >= 15 is 0 Å². The van der Waals surface area contributed by atoms with Gasteiger partial charge in [-0.25, -0.2) is 4.98 Å². The van der Waals surface area contributed by atoms with Crippen LogP contribution in [0.25, 0.3) is 0 Å². The van der Waals surface area contributed by atoms with Gasteiger partial charge in [-0.1, -0.05) is 0 Å². The lowest BCUT2D eigenvalue weighted by molar-refractivity contribution is 0.0845. The van der Waals surface area contributed by atoms with E-state index in [9.17, 15) is 5.26 Å². The lowest BCUT2D eigenvalue weighted by atomic mass is 10.1. The van der Waals surface area contributed by atoms with Crippen molar-refractivity contribution < 1.29 is 4.74 Å². The van der Waals surface area contributed by atoms with Crippen LogP contribution in [0.4, 0.5) is 5.82 Å². The Bertz CT molecular complexity index is 449. The highest BCUT2D eigenvalue weighted by molar-refractivity contribution is 5.57. The van der Waals surface area contributed by atoms with Gasteiger partial charge in [-0.3, -0.25) is 0 Å². The molecule has 1 aromatic heterocycles. The summed E-state index contributed by atoms with van der Waals surface area (Å²) in [5.41, 5.74) is 2.54. The number of nitriles is 1. The van der Waals surface area contributed by atoms with Crippen LogP contribution in [0.3, 0.4) is 0 Å². The van der Waals surface area contributed by atoms with E-state index in [2.05, 4.69) is 11.1 Å². The van der Waals surface area contributed by atoms with Crippen molar-refractivity contribution in [1.82, 2.24) is 4.98 Å². The van der Waals surface area contributed by atoms with Crippen molar-refractivity contribution in [3.8, 4) is 6.07 Å². The number of ether oxygens (including phenoxy) is 1. The van der Waals surface area contributed by atoms with E-state index in [0.717, 1.165) is 23.6 Å². The summed E-state index contributed by atoms with van der Waals surface area (Å²) in [6.45, 7) is 9.26. The highest BCUT2D eigenvalue weighted by Gasteiger charge is 2.12. The molecule has 0 bridgehead atoms. The van der Waals surface area contributed by atoms with E-state index in [1.54, 1.807) is 0 Å². The molecule has 1 rings (SSSR count). The fraction of sp³-hybridized carbons (Fsp3) is 0.571. The van der Waals surface area contributed by atoms with Crippen molar-refractivity contribution >= 4 is 5.82 Å². The summed E-state index contributed by atoms with van der Waals surface area (Å²) >= 11 is 0. The molecule has 0 aliphatic rings. The molecule has 4 heteroatoms. The van der Waals surface area contributed by atoms with E-state index in [0.29, 0.717) is 12.2 Å². The average molecular weight is 247 g/mol. The van der Waals surface area contributed by atoms with Gasteiger partial charge < -0.3 is 9.64 Å². The minimum Gasteiger partial charge on any atom is -0.377 e. The smallest absolute Gasteiger partial charge is 0.146 e. The second-order valence-corrected chi connectivity index (χ2v) is 4.73. The van der Waals surface area contributed by atoms with E-state index in [4.69, 9.17) is 4.74 Å². The molecule has 0 fully saturated rings. The van der Waals surface area contributed by atoms with Crippen LogP contribution in [0.2, 0.25) is 0 Å². The second kappa shape index (κ2) is 6.36. The molecule has 0 saturated carbocycles. The van der Waals surface area contributed by atoms with Crippen LogP contribution >= 0.6 is 0 Å². The number of rotatable bonds is 5. The quantitative estimate of drug-likeness (QED) is 0.802. The third kappa shape index (κ3) is 3.71. The maximum absolute atomic E-state index is 9.20. The number of aryl methyl sites for hydroxylation is 2. The molecule has 0 aliphatic carbocycles. The van der Waals surface area contributed by atoms with Crippen LogP contribution < -0.4 is 4.90 Å². The zero-order valence-corrected chi connectivity index (χ0v) is 11.8. The van der Waals surface area contributed by atoms with E-state index in [1.807, 2.05) is 45.7 Å². The summed E-state index contributed by atoms with van der Waals surface area (Å²) in [5, 5.41) is 9.20. The molecule has 1 aromatic rings. The Labute approximate surface area is 109 Å². The minimum atomic E-state index is 0.223. The van der Waals surface area contributed by atoms with Crippen LogP contribution in [0.1, 0.15) is 30.7 Å². The molecule has 1 heterocycles. The molecule has 0 spiro atoms. The summed E-state index contributed by atoms with van der Waals surface area (Å²) in [6, 6.07) is 4.16. The fourth-order valence-corrected chi connectivity index (χ4v) is 1.76. The van der Waals surface area contributed by atoms with Gasteiger partial charge in [0.1, 0.15) is 11.9 Å². The summed E-state index contributed by atoms with van der Waals surface area (Å²) < 4.78 is 5.52. The molecular weight excluding hydrogens is 226 g/mol. The lowest BCUT2D eigenvalue weighted by Gasteiger charge is -2.21. The van der Waals surface area contributed by atoms with Crippen molar-refractivity contribution in [2.75, 3.05) is 25.1 Å². The monoisotopic (exact) mass is 247 g/mol. The van der Waals surface area contributed by atoms with Crippen molar-refractivity contribution in [2.45, 2.75) is 33.8 Å². The predicted octanol–water partition coefficient (Wildman–Crippen LogP) is 2.43. The van der Waals surface area contributed by atoms with Gasteiger partial charge in [-0.15, -0.1) is 0 Å². The van der Waals surface area contributed by atoms with Crippen LogP contribution in [0.5, 0.6) is 0 Å². The van der Waals surface area contributed by atoms with Gasteiger partial charge in [-0.2, -0.15) is 5.26 Å². The van der Waals surface area contributed by atoms with Crippen molar-refractivity contribution in [3.63, 3.8) is 0 Å². The van der Waals surface area contributed by atoms with Gasteiger partial charge >= 0.3 is 0 Å². The van der Waals surface area contributed by atoms with Crippen LogP contribution in [0, 0.1) is 25.2 Å². The van der Waals surface area contributed by atoms with Crippen LogP contribution in [-0.2, 0) is 4.74 Å². The topological polar surface area (TPSA) is 49.2 Å². The number of hydrogen-bond acceptors (Lipinski definition) is 4. The largest absolute Gasteiger partial charge is 0.377 e. The predicted molar refractivity (Wildman–Crippen MR) is 72.8 cm³/mol. The number of hydrogen-bond donors (Lipinski definition) is 0. The van der Waals surface area contributed by atoms with Crippen LogP contribution in [0.15, 0.2) is 6.07 Å². The third-order valence-corrected chi connectivity index (χ3v) is 2.68. The number of pyridine rings is 1. The van der Waals surface area contributed by atoms with Gasteiger partial charge in [0.2, 0.25) is 0 Å². The first-order valence-corrected chi connectivity index (χ1v) is 6.16. The average Bonchev–Trinajstić information content (AvgIpc) is 2.27. The minimum absolute atomic E-state index is 0.223. The van der Waals surface area contributed by atoms with E-state index in [1.165, 1.54) is 0 Å². The Balaban J connectivity index is 2.85. The van der Waals surface area contributed by atoms with E-state index < -0.39 is 0 Å². The van der Waals surface area contributed by atoms with E-state index in [-0.39, 0.29) is 6.10 Å². The number of likely N-dealkylation sites (N-methyl/N-ethyl adjacent to an activating group) is 1. The van der Waals surface area contributed by atoms with Crippen molar-refractivity contribution in [3.05, 3.63) is 22.9 Å². The Kier molecular flexibility index (Phi) is 5.11. The Morgan fingerprint density at radius 2 is 2.11 bits per heavy atom.